The minimum absolute atomic E-state index is 0.0342. The molecule has 0 radical (unpaired) electrons. The highest BCUT2D eigenvalue weighted by Gasteiger charge is 2.33. The van der Waals surface area contributed by atoms with Gasteiger partial charge < -0.3 is 14.3 Å². The van der Waals surface area contributed by atoms with Crippen LogP contribution in [0.15, 0.2) is 16.7 Å². The van der Waals surface area contributed by atoms with Crippen LogP contribution in [0.4, 0.5) is 5.82 Å². The Labute approximate surface area is 157 Å². The molecule has 2 aliphatic rings. The highest BCUT2D eigenvalue weighted by Crippen LogP contribution is 2.39. The van der Waals surface area contributed by atoms with Gasteiger partial charge in [-0.15, -0.1) is 0 Å². The Kier molecular flexibility index (Phi) is 4.56. The number of carbonyl (C=O) groups is 1. The number of hydrogen-bond donors (Lipinski definition) is 0. The zero-order valence-corrected chi connectivity index (χ0v) is 15.7. The zero-order valence-electron chi connectivity index (χ0n) is 15.0. The number of likely N-dealkylation sites (tertiary alicyclic amines) is 1. The fourth-order valence-corrected chi connectivity index (χ4v) is 3.50. The summed E-state index contributed by atoms with van der Waals surface area (Å²) in [5.74, 6) is 2.68. The van der Waals surface area contributed by atoms with E-state index in [1.54, 1.807) is 12.1 Å². The Morgan fingerprint density at radius 3 is 2.77 bits per heavy atom. The number of hydrogen-bond acceptors (Lipinski definition) is 6. The summed E-state index contributed by atoms with van der Waals surface area (Å²) in [4.78, 5) is 25.5. The largest absolute Gasteiger partial charge is 0.363 e. The number of amides is 1. The molecule has 2 aromatic rings. The summed E-state index contributed by atoms with van der Waals surface area (Å²) in [6.07, 6.45) is 4.15. The second kappa shape index (κ2) is 6.87. The Morgan fingerprint density at radius 1 is 1.23 bits per heavy atom. The van der Waals surface area contributed by atoms with Crippen LogP contribution in [0, 0.1) is 0 Å². The topological polar surface area (TPSA) is 75.4 Å². The first-order chi connectivity index (χ1) is 12.5. The number of pyridine rings is 1. The van der Waals surface area contributed by atoms with Crippen LogP contribution < -0.4 is 4.90 Å². The van der Waals surface area contributed by atoms with Crippen molar-refractivity contribution in [3.8, 4) is 0 Å². The van der Waals surface area contributed by atoms with E-state index in [0.29, 0.717) is 29.0 Å². The van der Waals surface area contributed by atoms with Gasteiger partial charge >= 0.3 is 0 Å². The van der Waals surface area contributed by atoms with Crippen LogP contribution in [0.25, 0.3) is 0 Å². The summed E-state index contributed by atoms with van der Waals surface area (Å²) in [5.41, 5.74) is 0.557. The Hall–Kier alpha value is -2.15. The Bertz CT molecular complexity index is 818. The standard InChI is InChI=1S/C18H22ClN5O2/c1-23(2)15-9-13(8-14(19)20-15)18(25)24-7-3-4-12(10-24)16-21-17(26-22-16)11-5-6-11/h8-9,11-12H,3-7,10H2,1-2H3/t12-/m1/s1. The second-order valence-corrected chi connectivity index (χ2v) is 7.67. The van der Waals surface area contributed by atoms with Gasteiger partial charge in [0.25, 0.3) is 5.91 Å². The van der Waals surface area contributed by atoms with Crippen molar-refractivity contribution in [2.45, 2.75) is 37.5 Å². The zero-order chi connectivity index (χ0) is 18.3. The van der Waals surface area contributed by atoms with E-state index in [0.717, 1.165) is 43.9 Å². The SMILES string of the molecule is CN(C)c1cc(C(=O)N2CCC[C@@H](c3noc(C4CC4)n3)C2)cc(Cl)n1. The lowest BCUT2D eigenvalue weighted by molar-refractivity contribution is 0.0703. The van der Waals surface area contributed by atoms with Crippen LogP contribution in [0.5, 0.6) is 0 Å². The molecule has 2 fully saturated rings. The van der Waals surface area contributed by atoms with Crippen molar-refractivity contribution >= 4 is 23.3 Å². The third-order valence-corrected chi connectivity index (χ3v) is 5.14. The van der Waals surface area contributed by atoms with Gasteiger partial charge in [0.15, 0.2) is 5.82 Å². The first-order valence-corrected chi connectivity index (χ1v) is 9.36. The summed E-state index contributed by atoms with van der Waals surface area (Å²) in [5, 5.41) is 4.48. The predicted molar refractivity (Wildman–Crippen MR) is 97.7 cm³/mol. The van der Waals surface area contributed by atoms with Gasteiger partial charge in [0.2, 0.25) is 5.89 Å². The van der Waals surface area contributed by atoms with E-state index < -0.39 is 0 Å². The van der Waals surface area contributed by atoms with E-state index in [1.165, 1.54) is 0 Å². The van der Waals surface area contributed by atoms with Crippen LogP contribution in [-0.2, 0) is 0 Å². The van der Waals surface area contributed by atoms with Crippen LogP contribution in [0.1, 0.15) is 59.6 Å². The lowest BCUT2D eigenvalue weighted by atomic mass is 9.96. The van der Waals surface area contributed by atoms with E-state index in [2.05, 4.69) is 15.1 Å². The van der Waals surface area contributed by atoms with E-state index in [9.17, 15) is 4.79 Å². The van der Waals surface area contributed by atoms with Crippen LogP contribution in [-0.4, -0.2) is 53.1 Å². The van der Waals surface area contributed by atoms with Crippen molar-refractivity contribution in [2.24, 2.45) is 0 Å². The molecule has 2 aromatic heterocycles. The van der Waals surface area contributed by atoms with Crippen molar-refractivity contribution in [3.05, 3.63) is 34.6 Å². The summed E-state index contributed by atoms with van der Waals surface area (Å²) in [6.45, 7) is 1.32. The number of nitrogens with zero attached hydrogens (tertiary/aromatic N) is 5. The number of carbonyl (C=O) groups excluding carboxylic acids is 1. The van der Waals surface area contributed by atoms with Gasteiger partial charge in [0.1, 0.15) is 11.0 Å². The third-order valence-electron chi connectivity index (χ3n) is 4.94. The monoisotopic (exact) mass is 375 g/mol. The number of anilines is 1. The molecule has 0 unspecified atom stereocenters. The molecule has 1 amide bonds. The van der Waals surface area contributed by atoms with Gasteiger partial charge in [-0.3, -0.25) is 4.79 Å². The molecule has 8 heteroatoms. The molecule has 0 aromatic carbocycles. The summed E-state index contributed by atoms with van der Waals surface area (Å²) < 4.78 is 5.38. The molecule has 4 rings (SSSR count). The van der Waals surface area contributed by atoms with Gasteiger partial charge in [-0.25, -0.2) is 4.98 Å². The maximum absolute atomic E-state index is 13.0. The van der Waals surface area contributed by atoms with Gasteiger partial charge in [-0.05, 0) is 37.8 Å². The number of rotatable bonds is 4. The van der Waals surface area contributed by atoms with E-state index in [1.807, 2.05) is 23.9 Å². The Balaban J connectivity index is 1.50. The van der Waals surface area contributed by atoms with Crippen molar-refractivity contribution in [2.75, 3.05) is 32.1 Å². The highest BCUT2D eigenvalue weighted by molar-refractivity contribution is 6.29. The number of aromatic nitrogens is 3. The molecular weight excluding hydrogens is 354 g/mol. The molecule has 1 saturated carbocycles. The lowest BCUT2D eigenvalue weighted by Crippen LogP contribution is -2.39. The number of halogens is 1. The number of piperidine rings is 1. The molecule has 1 aliphatic carbocycles. The van der Waals surface area contributed by atoms with Crippen molar-refractivity contribution < 1.29 is 9.32 Å². The molecule has 7 nitrogen and oxygen atoms in total. The van der Waals surface area contributed by atoms with Crippen molar-refractivity contribution in [1.82, 2.24) is 20.0 Å². The summed E-state index contributed by atoms with van der Waals surface area (Å²) in [6, 6.07) is 3.40. The van der Waals surface area contributed by atoms with Gasteiger partial charge in [0, 0.05) is 44.6 Å². The fraction of sp³-hybridized carbons (Fsp3) is 0.556. The average Bonchev–Trinajstić information content (AvgIpc) is 3.37. The Morgan fingerprint density at radius 2 is 2.04 bits per heavy atom. The first-order valence-electron chi connectivity index (χ1n) is 8.99. The smallest absolute Gasteiger partial charge is 0.254 e. The third kappa shape index (κ3) is 3.53. The summed E-state index contributed by atoms with van der Waals surface area (Å²) >= 11 is 6.10. The summed E-state index contributed by atoms with van der Waals surface area (Å²) in [7, 11) is 3.75. The van der Waals surface area contributed by atoms with Gasteiger partial charge in [-0.2, -0.15) is 4.98 Å². The van der Waals surface area contributed by atoms with Crippen LogP contribution in [0.3, 0.4) is 0 Å². The van der Waals surface area contributed by atoms with E-state index >= 15 is 0 Å². The van der Waals surface area contributed by atoms with E-state index in [-0.39, 0.29) is 11.8 Å². The molecule has 1 saturated heterocycles. The molecule has 138 valence electrons. The lowest BCUT2D eigenvalue weighted by Gasteiger charge is -2.31. The van der Waals surface area contributed by atoms with Gasteiger partial charge in [0.05, 0.1) is 0 Å². The van der Waals surface area contributed by atoms with Crippen molar-refractivity contribution in [1.29, 1.82) is 0 Å². The minimum atomic E-state index is -0.0342. The normalized spacial score (nSPS) is 20.3. The maximum Gasteiger partial charge on any atom is 0.254 e. The molecule has 1 atom stereocenters. The van der Waals surface area contributed by atoms with Crippen LogP contribution in [0.2, 0.25) is 5.15 Å². The maximum atomic E-state index is 13.0. The fourth-order valence-electron chi connectivity index (χ4n) is 3.30. The molecule has 0 N–H and O–H groups in total. The first kappa shape index (κ1) is 17.3. The van der Waals surface area contributed by atoms with E-state index in [4.69, 9.17) is 16.1 Å². The van der Waals surface area contributed by atoms with Crippen LogP contribution >= 0.6 is 11.6 Å². The highest BCUT2D eigenvalue weighted by atomic mass is 35.5. The average molecular weight is 376 g/mol. The molecule has 1 aliphatic heterocycles. The predicted octanol–water partition coefficient (Wildman–Crippen LogP) is 3.08. The minimum Gasteiger partial charge on any atom is -0.363 e. The molecular formula is C18H22ClN5O2. The molecule has 3 heterocycles. The second-order valence-electron chi connectivity index (χ2n) is 7.29. The van der Waals surface area contributed by atoms with Crippen molar-refractivity contribution in [3.63, 3.8) is 0 Å². The quantitative estimate of drug-likeness (QED) is 0.764. The molecule has 0 bridgehead atoms. The molecule has 0 spiro atoms. The van der Waals surface area contributed by atoms with Gasteiger partial charge in [-0.1, -0.05) is 16.8 Å². The molecule has 26 heavy (non-hydrogen) atoms.